The van der Waals surface area contributed by atoms with Gasteiger partial charge in [0.1, 0.15) is 11.6 Å². The molecule has 4 nitrogen and oxygen atoms in total. The lowest BCUT2D eigenvalue weighted by Gasteiger charge is -2.38. The van der Waals surface area contributed by atoms with Crippen LogP contribution in [0.15, 0.2) is 60.4 Å². The Morgan fingerprint density at radius 1 is 1.00 bits per heavy atom. The Labute approximate surface area is 227 Å². The Bertz CT molecular complexity index is 1370. The van der Waals surface area contributed by atoms with Crippen LogP contribution >= 0.6 is 11.6 Å². The summed E-state index contributed by atoms with van der Waals surface area (Å²) in [5.74, 6) is -1.38. The number of hydrogen-bond donors (Lipinski definition) is 1. The molecule has 1 amide bonds. The second-order valence-corrected chi connectivity index (χ2v) is 10.5. The van der Waals surface area contributed by atoms with E-state index in [1.54, 1.807) is 12.4 Å². The van der Waals surface area contributed by atoms with E-state index in [2.05, 4.69) is 35.4 Å². The first-order valence-corrected chi connectivity index (χ1v) is 13.6. The third-order valence-electron chi connectivity index (χ3n) is 8.05. The van der Waals surface area contributed by atoms with E-state index in [4.69, 9.17) is 11.6 Å². The Morgan fingerprint density at radius 3 is 2.37 bits per heavy atom. The van der Waals surface area contributed by atoms with E-state index in [0.29, 0.717) is 12.6 Å². The third-order valence-corrected chi connectivity index (χ3v) is 8.47. The molecule has 0 aliphatic heterocycles. The van der Waals surface area contributed by atoms with Gasteiger partial charge in [0.15, 0.2) is 0 Å². The fraction of sp³-hybridized carbons (Fsp3) is 0.355. The highest BCUT2D eigenvalue weighted by Crippen LogP contribution is 2.40. The van der Waals surface area contributed by atoms with Crippen LogP contribution in [0.4, 0.5) is 8.78 Å². The minimum atomic E-state index is -0.603. The number of rotatable bonds is 7. The van der Waals surface area contributed by atoms with Crippen LogP contribution in [-0.2, 0) is 24.2 Å². The first-order chi connectivity index (χ1) is 18.4. The van der Waals surface area contributed by atoms with Crippen molar-refractivity contribution in [1.82, 2.24) is 15.2 Å². The quantitative estimate of drug-likeness (QED) is 0.368. The number of benzene rings is 2. The summed E-state index contributed by atoms with van der Waals surface area (Å²) in [5, 5.41) is 3.38. The minimum absolute atomic E-state index is 0.00333. The van der Waals surface area contributed by atoms with Crippen LogP contribution < -0.4 is 5.32 Å². The first-order valence-electron chi connectivity index (χ1n) is 13.3. The zero-order chi connectivity index (χ0) is 26.8. The molecule has 1 N–H and O–H groups in total. The Hall–Kier alpha value is -3.09. The highest BCUT2D eigenvalue weighted by Gasteiger charge is 2.36. The molecule has 5 rings (SSSR count). The fourth-order valence-corrected chi connectivity index (χ4v) is 6.17. The zero-order valence-electron chi connectivity index (χ0n) is 21.7. The molecular formula is C31H32ClF2N3O. The average molecular weight is 536 g/mol. The summed E-state index contributed by atoms with van der Waals surface area (Å²) in [6.45, 7) is 2.51. The van der Waals surface area contributed by atoms with E-state index in [1.165, 1.54) is 0 Å². The molecule has 38 heavy (non-hydrogen) atoms. The maximum atomic E-state index is 14.6. The van der Waals surface area contributed by atoms with Gasteiger partial charge in [-0.05, 0) is 91.7 Å². The smallest absolute Gasteiger partial charge is 0.252 e. The lowest BCUT2D eigenvalue weighted by atomic mass is 9.89. The number of nitrogens with zero attached hydrogens (tertiary/aromatic N) is 2. The van der Waals surface area contributed by atoms with Crippen LogP contribution in [0.5, 0.6) is 0 Å². The van der Waals surface area contributed by atoms with E-state index < -0.39 is 11.6 Å². The zero-order valence-corrected chi connectivity index (χ0v) is 22.5. The van der Waals surface area contributed by atoms with Gasteiger partial charge in [0, 0.05) is 54.1 Å². The second kappa shape index (κ2) is 11.3. The summed E-state index contributed by atoms with van der Waals surface area (Å²) in [6, 6.07) is 12.9. The van der Waals surface area contributed by atoms with Crippen molar-refractivity contribution in [3.8, 4) is 11.1 Å². The largest absolute Gasteiger partial charge is 0.332 e. The van der Waals surface area contributed by atoms with Crippen LogP contribution in [-0.4, -0.2) is 34.9 Å². The molecule has 0 spiro atoms. The van der Waals surface area contributed by atoms with Crippen molar-refractivity contribution in [3.63, 3.8) is 0 Å². The summed E-state index contributed by atoms with van der Waals surface area (Å²) >= 11 is 6.59. The van der Waals surface area contributed by atoms with Crippen molar-refractivity contribution in [2.75, 3.05) is 7.05 Å². The summed E-state index contributed by atoms with van der Waals surface area (Å²) in [6.07, 6.45) is 7.97. The van der Waals surface area contributed by atoms with Crippen molar-refractivity contribution >= 4 is 22.5 Å². The van der Waals surface area contributed by atoms with Gasteiger partial charge in [0.05, 0.1) is 5.03 Å². The lowest BCUT2D eigenvalue weighted by molar-refractivity contribution is -0.130. The number of nitrogens with one attached hydrogen (secondary N) is 1. The predicted molar refractivity (Wildman–Crippen MR) is 148 cm³/mol. The molecule has 0 radical (unpaired) electrons. The standard InChI is InChI=1S/C31H32ClF2N3O/c1-3-19-4-5-21(20-12-14-36-15-13-20)16-22(19)18-37(24-8-6-23(35-2)7-9-24)31(38)26-17-25-27(33)10-11-28(34)29(25)30(26)32/h4-5,10-16,23-24,35H,3,6-9,17-18H2,1-2H3/t23-,24+. The van der Waals surface area contributed by atoms with Crippen molar-refractivity contribution in [1.29, 1.82) is 0 Å². The number of hydrogen-bond acceptors (Lipinski definition) is 3. The molecule has 3 aromatic rings. The molecule has 7 heteroatoms. The monoisotopic (exact) mass is 535 g/mol. The topological polar surface area (TPSA) is 45.2 Å². The summed E-state index contributed by atoms with van der Waals surface area (Å²) in [4.78, 5) is 20.2. The highest BCUT2D eigenvalue weighted by atomic mass is 35.5. The first kappa shape index (κ1) is 26.5. The minimum Gasteiger partial charge on any atom is -0.332 e. The van der Waals surface area contributed by atoms with E-state index in [1.807, 2.05) is 24.1 Å². The van der Waals surface area contributed by atoms with Crippen LogP contribution in [0.3, 0.4) is 0 Å². The fourth-order valence-electron chi connectivity index (χ4n) is 5.82. The van der Waals surface area contributed by atoms with E-state index in [9.17, 15) is 13.6 Å². The van der Waals surface area contributed by atoms with Gasteiger partial charge in [0.2, 0.25) is 0 Å². The highest BCUT2D eigenvalue weighted by molar-refractivity contribution is 6.52. The van der Waals surface area contributed by atoms with Gasteiger partial charge in [-0.3, -0.25) is 9.78 Å². The van der Waals surface area contributed by atoms with Gasteiger partial charge in [-0.15, -0.1) is 0 Å². The maximum Gasteiger partial charge on any atom is 0.252 e. The molecule has 0 bridgehead atoms. The predicted octanol–water partition coefficient (Wildman–Crippen LogP) is 6.65. The number of halogens is 3. The summed E-state index contributed by atoms with van der Waals surface area (Å²) in [5.41, 5.74) is 4.78. The Morgan fingerprint density at radius 2 is 1.71 bits per heavy atom. The van der Waals surface area contributed by atoms with Crippen molar-refractivity contribution in [2.45, 2.75) is 64.1 Å². The number of carbonyl (C=O) groups excluding carboxylic acids is 1. The number of fused-ring (bicyclic) bond motifs is 1. The van der Waals surface area contributed by atoms with Crippen LogP contribution in [0.1, 0.15) is 54.9 Å². The molecule has 0 unspecified atom stereocenters. The van der Waals surface area contributed by atoms with Gasteiger partial charge < -0.3 is 10.2 Å². The molecule has 1 aromatic heterocycles. The molecule has 2 aliphatic rings. The molecule has 2 aliphatic carbocycles. The molecule has 0 saturated heterocycles. The van der Waals surface area contributed by atoms with Crippen molar-refractivity contribution in [3.05, 3.63) is 94.3 Å². The normalized spacial score (nSPS) is 19.0. The van der Waals surface area contributed by atoms with Gasteiger partial charge >= 0.3 is 0 Å². The van der Waals surface area contributed by atoms with Gasteiger partial charge in [-0.1, -0.05) is 30.7 Å². The molecule has 1 saturated carbocycles. The number of aromatic nitrogens is 1. The van der Waals surface area contributed by atoms with Crippen LogP contribution in [0, 0.1) is 11.6 Å². The van der Waals surface area contributed by atoms with E-state index in [0.717, 1.165) is 66.5 Å². The van der Waals surface area contributed by atoms with Crippen LogP contribution in [0.2, 0.25) is 0 Å². The molecule has 1 heterocycles. The summed E-state index contributed by atoms with van der Waals surface area (Å²) < 4.78 is 29.2. The van der Waals surface area contributed by atoms with Crippen molar-refractivity contribution in [2.24, 2.45) is 0 Å². The molecule has 1 fully saturated rings. The Kier molecular flexibility index (Phi) is 7.91. The third kappa shape index (κ3) is 5.12. The Balaban J connectivity index is 1.52. The lowest BCUT2D eigenvalue weighted by Crippen LogP contribution is -2.45. The second-order valence-electron chi connectivity index (χ2n) is 10.2. The molecule has 198 valence electrons. The maximum absolute atomic E-state index is 14.6. The van der Waals surface area contributed by atoms with E-state index >= 15 is 0 Å². The van der Waals surface area contributed by atoms with E-state index in [-0.39, 0.29) is 40.1 Å². The summed E-state index contributed by atoms with van der Waals surface area (Å²) in [7, 11) is 1.97. The van der Waals surface area contributed by atoms with Gasteiger partial charge in [0.25, 0.3) is 5.91 Å². The van der Waals surface area contributed by atoms with Crippen LogP contribution in [0.25, 0.3) is 16.2 Å². The van der Waals surface area contributed by atoms with Gasteiger partial charge in [-0.2, -0.15) is 0 Å². The van der Waals surface area contributed by atoms with Gasteiger partial charge in [-0.25, -0.2) is 8.78 Å². The number of pyridine rings is 1. The van der Waals surface area contributed by atoms with Crippen molar-refractivity contribution < 1.29 is 13.6 Å². The number of amides is 1. The number of carbonyl (C=O) groups is 1. The molecule has 0 atom stereocenters. The SMILES string of the molecule is CCc1ccc(-c2ccncc2)cc1CN(C(=O)C1=C(Cl)c2c(F)ccc(F)c2C1)[C@H]1CC[C@@H](NC)CC1. The molecular weight excluding hydrogens is 504 g/mol. The molecule has 2 aromatic carbocycles. The average Bonchev–Trinajstić information content (AvgIpc) is 3.32. The number of aryl methyl sites for hydroxylation is 1.